The van der Waals surface area contributed by atoms with E-state index in [-0.39, 0.29) is 6.04 Å². The van der Waals surface area contributed by atoms with Crippen molar-refractivity contribution < 1.29 is 8.42 Å². The molecule has 1 saturated heterocycles. The highest BCUT2D eigenvalue weighted by atomic mass is 79.9. The summed E-state index contributed by atoms with van der Waals surface area (Å²) in [4.78, 5) is 0. The number of halogens is 1. The van der Waals surface area contributed by atoms with Gasteiger partial charge in [-0.15, -0.1) is 0 Å². The van der Waals surface area contributed by atoms with Crippen LogP contribution in [-0.4, -0.2) is 41.8 Å². The van der Waals surface area contributed by atoms with E-state index in [1.54, 1.807) is 6.20 Å². The Kier molecular flexibility index (Phi) is 3.37. The van der Waals surface area contributed by atoms with E-state index in [9.17, 15) is 8.42 Å². The third kappa shape index (κ3) is 2.64. The fourth-order valence-corrected chi connectivity index (χ4v) is 3.16. The summed E-state index contributed by atoms with van der Waals surface area (Å²) in [6.07, 6.45) is 6.72. The van der Waals surface area contributed by atoms with E-state index >= 15 is 0 Å². The van der Waals surface area contributed by atoms with Gasteiger partial charge in [0.1, 0.15) is 0 Å². The van der Waals surface area contributed by atoms with Crippen molar-refractivity contribution in [1.29, 1.82) is 0 Å². The molecule has 2 heterocycles. The molecule has 1 aliphatic rings. The Morgan fingerprint density at radius 1 is 1.56 bits per heavy atom. The second kappa shape index (κ2) is 4.46. The lowest BCUT2D eigenvalue weighted by molar-refractivity contribution is 0.255. The van der Waals surface area contributed by atoms with Crippen molar-refractivity contribution in [3.05, 3.63) is 16.9 Å². The fourth-order valence-electron chi connectivity index (χ4n) is 1.95. The maximum atomic E-state index is 11.5. The van der Waals surface area contributed by atoms with Crippen LogP contribution in [0.25, 0.3) is 0 Å². The first-order chi connectivity index (χ1) is 7.47. The molecule has 90 valence electrons. The van der Waals surface area contributed by atoms with Crippen LogP contribution in [0.15, 0.2) is 16.9 Å². The standard InChI is InChI=1S/C9H14BrN3O2S/c1-16(14,15)12-4-2-3-9(7-12)13-6-8(10)5-11-13/h5-6,9H,2-4,7H2,1H3. The fraction of sp³-hybridized carbons (Fsp3) is 0.667. The summed E-state index contributed by atoms with van der Waals surface area (Å²) >= 11 is 3.34. The molecule has 1 aliphatic heterocycles. The Morgan fingerprint density at radius 2 is 2.31 bits per heavy atom. The molecule has 0 N–H and O–H groups in total. The molecule has 1 aromatic rings. The maximum Gasteiger partial charge on any atom is 0.211 e. The minimum Gasteiger partial charge on any atom is -0.267 e. The molecule has 0 saturated carbocycles. The molecule has 0 spiro atoms. The van der Waals surface area contributed by atoms with E-state index in [1.807, 2.05) is 10.9 Å². The van der Waals surface area contributed by atoms with Gasteiger partial charge in [-0.25, -0.2) is 12.7 Å². The molecule has 1 atom stereocenters. The Morgan fingerprint density at radius 3 is 2.88 bits per heavy atom. The molecule has 0 bridgehead atoms. The van der Waals surface area contributed by atoms with E-state index in [0.717, 1.165) is 17.3 Å². The zero-order valence-electron chi connectivity index (χ0n) is 9.00. The van der Waals surface area contributed by atoms with Gasteiger partial charge in [0.25, 0.3) is 0 Å². The second-order valence-corrected chi connectivity index (χ2v) is 6.95. The normalized spacial score (nSPS) is 23.5. The predicted molar refractivity (Wildman–Crippen MR) is 64.6 cm³/mol. The third-order valence-electron chi connectivity index (χ3n) is 2.77. The van der Waals surface area contributed by atoms with Crippen LogP contribution in [0.1, 0.15) is 18.9 Å². The largest absolute Gasteiger partial charge is 0.267 e. The lowest BCUT2D eigenvalue weighted by Crippen LogP contribution is -2.40. The first kappa shape index (κ1) is 12.1. The number of rotatable bonds is 2. The average molecular weight is 308 g/mol. The van der Waals surface area contributed by atoms with Crippen LogP contribution in [-0.2, 0) is 10.0 Å². The van der Waals surface area contributed by atoms with Gasteiger partial charge >= 0.3 is 0 Å². The number of aromatic nitrogens is 2. The molecule has 0 aromatic carbocycles. The second-order valence-electron chi connectivity index (χ2n) is 4.06. The summed E-state index contributed by atoms with van der Waals surface area (Å²) in [6, 6.07) is 0.148. The molecule has 0 amide bonds. The summed E-state index contributed by atoms with van der Waals surface area (Å²) in [5.41, 5.74) is 0. The van der Waals surface area contributed by atoms with Gasteiger partial charge in [0.15, 0.2) is 0 Å². The van der Waals surface area contributed by atoms with Crippen molar-refractivity contribution >= 4 is 26.0 Å². The molecular formula is C9H14BrN3O2S. The third-order valence-corrected chi connectivity index (χ3v) is 4.45. The predicted octanol–water partition coefficient (Wildman–Crippen LogP) is 1.24. The topological polar surface area (TPSA) is 55.2 Å². The zero-order valence-corrected chi connectivity index (χ0v) is 11.4. The minimum atomic E-state index is -3.08. The van der Waals surface area contributed by atoms with Crippen LogP contribution in [0, 0.1) is 0 Å². The Labute approximate surface area is 104 Å². The molecule has 0 radical (unpaired) electrons. The molecule has 0 aliphatic carbocycles. The van der Waals surface area contributed by atoms with Gasteiger partial charge in [-0.05, 0) is 28.8 Å². The molecule has 2 rings (SSSR count). The van der Waals surface area contributed by atoms with Crippen LogP contribution in [0.3, 0.4) is 0 Å². The van der Waals surface area contributed by atoms with E-state index in [4.69, 9.17) is 0 Å². The van der Waals surface area contributed by atoms with Gasteiger partial charge in [-0.3, -0.25) is 4.68 Å². The van der Waals surface area contributed by atoms with Crippen LogP contribution >= 0.6 is 15.9 Å². The highest BCUT2D eigenvalue weighted by Gasteiger charge is 2.27. The summed E-state index contributed by atoms with van der Waals surface area (Å²) in [5, 5.41) is 4.20. The lowest BCUT2D eigenvalue weighted by Gasteiger charge is -2.30. The molecule has 1 fully saturated rings. The summed E-state index contributed by atoms with van der Waals surface area (Å²) in [6.45, 7) is 1.14. The van der Waals surface area contributed by atoms with Crippen molar-refractivity contribution in [2.45, 2.75) is 18.9 Å². The SMILES string of the molecule is CS(=O)(=O)N1CCCC(n2cc(Br)cn2)C1. The van der Waals surface area contributed by atoms with Gasteiger partial charge < -0.3 is 0 Å². The van der Waals surface area contributed by atoms with Crippen LogP contribution in [0.4, 0.5) is 0 Å². The van der Waals surface area contributed by atoms with E-state index in [0.29, 0.717) is 13.1 Å². The van der Waals surface area contributed by atoms with Crippen LogP contribution in [0.2, 0.25) is 0 Å². The first-order valence-electron chi connectivity index (χ1n) is 5.11. The van der Waals surface area contributed by atoms with Crippen LogP contribution in [0.5, 0.6) is 0 Å². The van der Waals surface area contributed by atoms with Gasteiger partial charge in [0.05, 0.1) is 23.0 Å². The van der Waals surface area contributed by atoms with Crippen LogP contribution < -0.4 is 0 Å². The monoisotopic (exact) mass is 307 g/mol. The highest BCUT2D eigenvalue weighted by molar-refractivity contribution is 9.10. The number of piperidine rings is 1. The minimum absolute atomic E-state index is 0.148. The Bertz CT molecular complexity index is 471. The zero-order chi connectivity index (χ0) is 11.8. The molecule has 1 unspecified atom stereocenters. The van der Waals surface area contributed by atoms with E-state index < -0.39 is 10.0 Å². The van der Waals surface area contributed by atoms with Gasteiger partial charge in [-0.1, -0.05) is 0 Å². The lowest BCUT2D eigenvalue weighted by atomic mass is 10.1. The molecule has 7 heteroatoms. The number of hydrogen-bond acceptors (Lipinski definition) is 3. The maximum absolute atomic E-state index is 11.5. The highest BCUT2D eigenvalue weighted by Crippen LogP contribution is 2.23. The molecule has 1 aromatic heterocycles. The van der Waals surface area contributed by atoms with Gasteiger partial charge in [0, 0.05) is 19.3 Å². The first-order valence-corrected chi connectivity index (χ1v) is 7.76. The number of hydrogen-bond donors (Lipinski definition) is 0. The molecule has 16 heavy (non-hydrogen) atoms. The molecule has 5 nitrogen and oxygen atoms in total. The van der Waals surface area contributed by atoms with Crippen molar-refractivity contribution in [1.82, 2.24) is 14.1 Å². The Balaban J connectivity index is 2.13. The van der Waals surface area contributed by atoms with Crippen molar-refractivity contribution in [2.24, 2.45) is 0 Å². The molecular weight excluding hydrogens is 294 g/mol. The summed E-state index contributed by atoms with van der Waals surface area (Å²) in [7, 11) is -3.08. The van der Waals surface area contributed by atoms with Gasteiger partial charge in [0.2, 0.25) is 10.0 Å². The average Bonchev–Trinajstić information content (AvgIpc) is 2.64. The summed E-state index contributed by atoms with van der Waals surface area (Å²) in [5.74, 6) is 0. The number of sulfonamides is 1. The van der Waals surface area contributed by atoms with E-state index in [2.05, 4.69) is 21.0 Å². The quantitative estimate of drug-likeness (QED) is 0.826. The number of nitrogens with zero attached hydrogens (tertiary/aromatic N) is 3. The van der Waals surface area contributed by atoms with E-state index in [1.165, 1.54) is 10.6 Å². The van der Waals surface area contributed by atoms with Crippen molar-refractivity contribution in [2.75, 3.05) is 19.3 Å². The van der Waals surface area contributed by atoms with Crippen molar-refractivity contribution in [3.63, 3.8) is 0 Å². The Hall–Kier alpha value is -0.400. The smallest absolute Gasteiger partial charge is 0.211 e. The van der Waals surface area contributed by atoms with Crippen molar-refractivity contribution in [3.8, 4) is 0 Å². The van der Waals surface area contributed by atoms with Gasteiger partial charge in [-0.2, -0.15) is 5.10 Å². The summed E-state index contributed by atoms with van der Waals surface area (Å²) < 4.78 is 27.2.